The number of hydrogen-bond donors (Lipinski definition) is 2. The minimum atomic E-state index is -1.27. The number of amides is 1. The molecular weight excluding hydrogens is 344 g/mol. The van der Waals surface area contributed by atoms with Crippen molar-refractivity contribution in [3.8, 4) is 0 Å². The maximum atomic E-state index is 12.2. The lowest BCUT2D eigenvalue weighted by molar-refractivity contribution is -0.384. The van der Waals surface area contributed by atoms with Gasteiger partial charge in [0.05, 0.1) is 10.6 Å². The van der Waals surface area contributed by atoms with E-state index >= 15 is 0 Å². The van der Waals surface area contributed by atoms with Crippen molar-refractivity contribution in [2.24, 2.45) is 11.3 Å². The van der Waals surface area contributed by atoms with Gasteiger partial charge < -0.3 is 10.4 Å². The lowest BCUT2D eigenvalue weighted by atomic mass is 9.80. The number of rotatable bonds is 4. The molecule has 7 nitrogen and oxygen atoms in total. The highest BCUT2D eigenvalue weighted by Gasteiger charge is 2.38. The summed E-state index contributed by atoms with van der Waals surface area (Å²) in [6.07, 6.45) is 0. The molecule has 114 valence electrons. The molecule has 0 saturated heterocycles. The first kappa shape index (κ1) is 17.1. The minimum Gasteiger partial charge on any atom is -0.481 e. The van der Waals surface area contributed by atoms with Gasteiger partial charge in [0, 0.05) is 16.6 Å². The first-order valence-electron chi connectivity index (χ1n) is 6.01. The molecule has 1 atom stereocenters. The van der Waals surface area contributed by atoms with Crippen LogP contribution in [0.4, 0.5) is 11.4 Å². The Morgan fingerprint density at radius 1 is 1.38 bits per heavy atom. The number of benzene rings is 1. The number of nitrogens with one attached hydrogen (secondary N) is 1. The number of aliphatic carboxylic acids is 1. The molecule has 1 aromatic rings. The van der Waals surface area contributed by atoms with E-state index in [-0.39, 0.29) is 11.4 Å². The van der Waals surface area contributed by atoms with E-state index < -0.39 is 28.1 Å². The summed E-state index contributed by atoms with van der Waals surface area (Å²) in [5.41, 5.74) is -0.829. The summed E-state index contributed by atoms with van der Waals surface area (Å²) in [6, 6.07) is 3.86. The third kappa shape index (κ3) is 4.25. The van der Waals surface area contributed by atoms with Crippen molar-refractivity contribution in [3.63, 3.8) is 0 Å². The van der Waals surface area contributed by atoms with Crippen LogP contribution in [0.25, 0.3) is 0 Å². The van der Waals surface area contributed by atoms with Gasteiger partial charge in [-0.2, -0.15) is 0 Å². The minimum absolute atomic E-state index is 0.157. The number of nitrogens with zero attached hydrogens (tertiary/aromatic N) is 1. The number of carbonyl (C=O) groups excluding carboxylic acids is 1. The van der Waals surface area contributed by atoms with Crippen LogP contribution in [0.3, 0.4) is 0 Å². The quantitative estimate of drug-likeness (QED) is 0.488. The van der Waals surface area contributed by atoms with Crippen LogP contribution in [-0.2, 0) is 9.59 Å². The number of carboxylic acids is 1. The molecule has 0 heterocycles. The normalized spacial score (nSPS) is 12.6. The summed E-state index contributed by atoms with van der Waals surface area (Å²) >= 11 is 3.16. The molecule has 0 spiro atoms. The van der Waals surface area contributed by atoms with Gasteiger partial charge in [-0.05, 0) is 27.4 Å². The molecule has 0 aliphatic rings. The number of halogens is 1. The van der Waals surface area contributed by atoms with Gasteiger partial charge in [-0.1, -0.05) is 20.8 Å². The highest BCUT2D eigenvalue weighted by Crippen LogP contribution is 2.31. The number of carbonyl (C=O) groups is 2. The van der Waals surface area contributed by atoms with E-state index in [0.717, 1.165) is 0 Å². The highest BCUT2D eigenvalue weighted by atomic mass is 79.9. The molecule has 1 rings (SSSR count). The number of anilines is 1. The number of nitro groups is 1. The van der Waals surface area contributed by atoms with Crippen LogP contribution in [0, 0.1) is 21.4 Å². The van der Waals surface area contributed by atoms with E-state index in [2.05, 4.69) is 21.2 Å². The second kappa shape index (κ2) is 6.21. The van der Waals surface area contributed by atoms with Crippen LogP contribution in [0.2, 0.25) is 0 Å². The van der Waals surface area contributed by atoms with E-state index in [1.807, 2.05) is 0 Å². The molecule has 21 heavy (non-hydrogen) atoms. The van der Waals surface area contributed by atoms with E-state index in [0.29, 0.717) is 4.47 Å². The molecule has 0 radical (unpaired) electrons. The third-order valence-corrected chi connectivity index (χ3v) is 3.49. The molecule has 1 amide bonds. The second-order valence-electron chi connectivity index (χ2n) is 5.55. The lowest BCUT2D eigenvalue weighted by Gasteiger charge is -2.26. The molecule has 0 saturated carbocycles. The van der Waals surface area contributed by atoms with Gasteiger partial charge in [0.1, 0.15) is 5.92 Å². The van der Waals surface area contributed by atoms with Crippen LogP contribution in [-0.4, -0.2) is 21.9 Å². The van der Waals surface area contributed by atoms with Crippen LogP contribution in [0.15, 0.2) is 22.7 Å². The predicted molar refractivity (Wildman–Crippen MR) is 80.0 cm³/mol. The zero-order valence-corrected chi connectivity index (χ0v) is 13.3. The molecule has 8 heteroatoms. The summed E-state index contributed by atoms with van der Waals surface area (Å²) < 4.78 is 0.430. The van der Waals surface area contributed by atoms with Gasteiger partial charge in [0.2, 0.25) is 5.91 Å². The molecular formula is C13H15BrN2O5. The van der Waals surface area contributed by atoms with Gasteiger partial charge in [-0.25, -0.2) is 0 Å². The van der Waals surface area contributed by atoms with Crippen LogP contribution in [0.5, 0.6) is 0 Å². The van der Waals surface area contributed by atoms with Crippen molar-refractivity contribution in [3.05, 3.63) is 32.8 Å². The maximum Gasteiger partial charge on any atom is 0.316 e. The smallest absolute Gasteiger partial charge is 0.316 e. The Morgan fingerprint density at radius 3 is 2.38 bits per heavy atom. The Bertz CT molecular complexity index is 595. The van der Waals surface area contributed by atoms with Gasteiger partial charge in [-0.15, -0.1) is 0 Å². The Labute approximate surface area is 129 Å². The van der Waals surface area contributed by atoms with Crippen molar-refractivity contribution < 1.29 is 19.6 Å². The third-order valence-electron chi connectivity index (χ3n) is 2.79. The molecule has 0 fully saturated rings. The number of carboxylic acid groups (broad SMARTS) is 1. The van der Waals surface area contributed by atoms with Crippen molar-refractivity contribution >= 4 is 39.2 Å². The van der Waals surface area contributed by atoms with Gasteiger partial charge in [0.15, 0.2) is 0 Å². The topological polar surface area (TPSA) is 110 Å². The molecule has 0 bridgehead atoms. The van der Waals surface area contributed by atoms with Crippen molar-refractivity contribution in [2.45, 2.75) is 20.8 Å². The summed E-state index contributed by atoms with van der Waals surface area (Å²) in [4.78, 5) is 33.5. The predicted octanol–water partition coefficient (Wildman–Crippen LogP) is 3.04. The summed E-state index contributed by atoms with van der Waals surface area (Å²) in [7, 11) is 0. The summed E-state index contributed by atoms with van der Waals surface area (Å²) in [6.45, 7) is 4.90. The number of non-ortho nitro benzene ring substituents is 1. The van der Waals surface area contributed by atoms with Gasteiger partial charge >= 0.3 is 5.97 Å². The second-order valence-corrected chi connectivity index (χ2v) is 6.40. The number of nitro benzene ring substituents is 1. The van der Waals surface area contributed by atoms with Crippen LogP contribution < -0.4 is 5.32 Å². The zero-order chi connectivity index (χ0) is 16.4. The fourth-order valence-electron chi connectivity index (χ4n) is 1.80. The van der Waals surface area contributed by atoms with E-state index in [9.17, 15) is 24.8 Å². The molecule has 2 N–H and O–H groups in total. The van der Waals surface area contributed by atoms with E-state index in [4.69, 9.17) is 0 Å². The maximum absolute atomic E-state index is 12.2. The number of hydrogen-bond acceptors (Lipinski definition) is 4. The molecule has 1 aromatic carbocycles. The summed E-state index contributed by atoms with van der Waals surface area (Å²) in [5, 5.41) is 22.3. The Morgan fingerprint density at radius 2 is 1.95 bits per heavy atom. The Hall–Kier alpha value is -1.96. The zero-order valence-electron chi connectivity index (χ0n) is 11.7. The standard InChI is InChI=1S/C13H15BrN2O5/c1-13(2,3)10(12(18)19)11(17)15-9-6-7(16(20)21)4-5-8(9)14/h4-6,10H,1-3H3,(H,15,17)(H,18,19). The first-order valence-corrected chi connectivity index (χ1v) is 6.81. The van der Waals surface area contributed by atoms with Gasteiger partial charge in [0.25, 0.3) is 5.69 Å². The summed E-state index contributed by atoms with van der Waals surface area (Å²) in [5.74, 6) is -3.25. The average molecular weight is 359 g/mol. The van der Waals surface area contributed by atoms with Crippen LogP contribution in [0.1, 0.15) is 20.8 Å². The monoisotopic (exact) mass is 358 g/mol. The van der Waals surface area contributed by atoms with Gasteiger partial charge in [-0.3, -0.25) is 19.7 Å². The fourth-order valence-corrected chi connectivity index (χ4v) is 2.15. The molecule has 0 aliphatic heterocycles. The van der Waals surface area contributed by atoms with Crippen molar-refractivity contribution in [1.82, 2.24) is 0 Å². The largest absolute Gasteiger partial charge is 0.481 e. The Kier molecular flexibility index (Phi) is 5.06. The molecule has 0 aliphatic carbocycles. The molecule has 1 unspecified atom stereocenters. The fraction of sp³-hybridized carbons (Fsp3) is 0.385. The van der Waals surface area contributed by atoms with E-state index in [1.165, 1.54) is 18.2 Å². The SMILES string of the molecule is CC(C)(C)C(C(=O)O)C(=O)Nc1cc([N+](=O)[O-])ccc1Br. The Balaban J connectivity index is 3.10. The molecule has 0 aromatic heterocycles. The van der Waals surface area contributed by atoms with Crippen molar-refractivity contribution in [2.75, 3.05) is 5.32 Å². The lowest BCUT2D eigenvalue weighted by Crippen LogP contribution is -2.39. The highest BCUT2D eigenvalue weighted by molar-refractivity contribution is 9.10. The van der Waals surface area contributed by atoms with Crippen molar-refractivity contribution in [1.29, 1.82) is 0 Å². The van der Waals surface area contributed by atoms with E-state index in [1.54, 1.807) is 20.8 Å². The first-order chi connectivity index (χ1) is 9.54. The van der Waals surface area contributed by atoms with Crippen LogP contribution >= 0.6 is 15.9 Å². The average Bonchev–Trinajstić information content (AvgIpc) is 2.28.